The first-order chi connectivity index (χ1) is 19.7. The van der Waals surface area contributed by atoms with Crippen LogP contribution in [-0.2, 0) is 25.3 Å². The first kappa shape index (κ1) is 24.6. The van der Waals surface area contributed by atoms with E-state index < -0.39 is 0 Å². The molecule has 4 heteroatoms. The van der Waals surface area contributed by atoms with Gasteiger partial charge in [0, 0.05) is 29.2 Å². The van der Waals surface area contributed by atoms with Gasteiger partial charge in [-0.05, 0) is 89.8 Å². The van der Waals surface area contributed by atoms with Crippen LogP contribution in [0.4, 0.5) is 0 Å². The largest absolute Gasteiger partial charge is 0.286 e. The van der Waals surface area contributed by atoms with E-state index in [1.165, 1.54) is 83.0 Å². The molecule has 41 heavy (non-hydrogen) atoms. The third-order valence-corrected chi connectivity index (χ3v) is 9.75. The van der Waals surface area contributed by atoms with E-state index in [2.05, 4.69) is 130 Å². The summed E-state index contributed by atoms with van der Waals surface area (Å²) < 4.78 is 4.80. The highest BCUT2D eigenvalue weighted by molar-refractivity contribution is 6.98. The van der Waals surface area contributed by atoms with Gasteiger partial charge in [0.1, 0.15) is 11.0 Å². The molecule has 0 unspecified atom stereocenters. The van der Waals surface area contributed by atoms with E-state index in [-0.39, 0.29) is 12.1 Å². The Hall–Kier alpha value is -4.18. The molecule has 3 aromatic carbocycles. The molecule has 6 aromatic rings. The fraction of sp³-hybridized carbons (Fsp3) is 0.243. The second-order valence-corrected chi connectivity index (χ2v) is 13.3. The number of hydrogen-bond donors (Lipinski definition) is 0. The Balaban J connectivity index is 1.51. The van der Waals surface area contributed by atoms with Gasteiger partial charge in [0.15, 0.2) is 0 Å². The van der Waals surface area contributed by atoms with Crippen molar-refractivity contribution in [3.63, 3.8) is 0 Å². The van der Waals surface area contributed by atoms with Crippen LogP contribution in [0.25, 0.3) is 27.6 Å². The summed E-state index contributed by atoms with van der Waals surface area (Å²) in [6.07, 6.45) is 8.37. The molecule has 2 aliphatic heterocycles. The van der Waals surface area contributed by atoms with Crippen molar-refractivity contribution >= 4 is 44.9 Å². The van der Waals surface area contributed by atoms with Gasteiger partial charge in [-0.15, -0.1) is 0 Å². The monoisotopic (exact) mass is 532 g/mol. The van der Waals surface area contributed by atoms with Crippen LogP contribution in [0.2, 0.25) is 0 Å². The fourth-order valence-corrected chi connectivity index (χ4v) is 7.80. The zero-order valence-electron chi connectivity index (χ0n) is 24.8. The van der Waals surface area contributed by atoms with Crippen molar-refractivity contribution in [2.75, 3.05) is 0 Å². The summed E-state index contributed by atoms with van der Waals surface area (Å²) in [6.45, 7) is 11.8. The van der Waals surface area contributed by atoms with Gasteiger partial charge in [-0.2, -0.15) is 4.57 Å². The highest BCUT2D eigenvalue weighted by Gasteiger charge is 2.40. The third-order valence-electron chi connectivity index (χ3n) is 9.75. The first-order valence-corrected chi connectivity index (χ1v) is 14.8. The number of aromatic nitrogens is 3. The number of pyridine rings is 2. The average molecular weight is 533 g/mol. The van der Waals surface area contributed by atoms with Gasteiger partial charge in [-0.25, -0.2) is 4.57 Å². The molecule has 8 rings (SSSR count). The van der Waals surface area contributed by atoms with E-state index in [9.17, 15) is 0 Å². The van der Waals surface area contributed by atoms with Crippen LogP contribution >= 0.6 is 0 Å². The lowest BCUT2D eigenvalue weighted by atomic mass is 9.29. The van der Waals surface area contributed by atoms with Crippen molar-refractivity contribution in [1.82, 2.24) is 9.55 Å². The van der Waals surface area contributed by atoms with E-state index in [1.807, 2.05) is 0 Å². The van der Waals surface area contributed by atoms with Crippen molar-refractivity contribution < 1.29 is 4.57 Å². The number of fused-ring (bicyclic) bond motifs is 7. The van der Waals surface area contributed by atoms with Crippen LogP contribution < -0.4 is 21.0 Å². The zero-order chi connectivity index (χ0) is 28.2. The van der Waals surface area contributed by atoms with Gasteiger partial charge < -0.3 is 0 Å². The molecule has 0 radical (unpaired) electrons. The Bertz CT molecular complexity index is 2060. The smallest absolute Gasteiger partial charge is 0.264 e. The predicted octanol–water partition coefficient (Wildman–Crippen LogP) is 5.24. The predicted molar refractivity (Wildman–Crippen MR) is 171 cm³/mol. The minimum absolute atomic E-state index is 0.0630. The number of para-hydroxylation sites is 1. The van der Waals surface area contributed by atoms with Gasteiger partial charge in [0.2, 0.25) is 6.71 Å². The van der Waals surface area contributed by atoms with Gasteiger partial charge in [-0.1, -0.05) is 73.1 Å². The lowest BCUT2D eigenvalue weighted by Crippen LogP contribution is -2.62. The second-order valence-electron chi connectivity index (χ2n) is 13.3. The van der Waals surface area contributed by atoms with Crippen molar-refractivity contribution in [2.45, 2.75) is 52.9 Å². The Morgan fingerprint density at radius 2 is 1.54 bits per heavy atom. The minimum Gasteiger partial charge on any atom is -0.264 e. The van der Waals surface area contributed by atoms with E-state index in [0.29, 0.717) is 0 Å². The highest BCUT2D eigenvalue weighted by atomic mass is 15.1. The Labute approximate surface area is 242 Å². The molecule has 2 aliphatic rings. The molecule has 0 amide bonds. The SMILES string of the molecule is Cc1cccc2c1B1c3c(cncc3Cc3cc4c5ccccc5n(-c5cc(C(C)(C)C)cc[n+]5C)c4c(C)c31)C2. The molecule has 0 saturated heterocycles. The summed E-state index contributed by atoms with van der Waals surface area (Å²) in [6, 6.07) is 22.9. The summed E-state index contributed by atoms with van der Waals surface area (Å²) in [7, 11) is 2.17. The van der Waals surface area contributed by atoms with Crippen LogP contribution in [0, 0.1) is 13.8 Å². The molecule has 0 fully saturated rings. The summed E-state index contributed by atoms with van der Waals surface area (Å²) in [5, 5.41) is 2.65. The quantitative estimate of drug-likeness (QED) is 0.209. The summed E-state index contributed by atoms with van der Waals surface area (Å²) in [5.74, 6) is 1.20. The average Bonchev–Trinajstić information content (AvgIpc) is 3.27. The second kappa shape index (κ2) is 8.42. The molecule has 3 nitrogen and oxygen atoms in total. The van der Waals surface area contributed by atoms with E-state index in [0.717, 1.165) is 12.8 Å². The molecule has 5 heterocycles. The van der Waals surface area contributed by atoms with Crippen molar-refractivity contribution in [1.29, 1.82) is 0 Å². The maximum Gasteiger partial charge on any atom is 0.286 e. The van der Waals surface area contributed by atoms with Crippen molar-refractivity contribution in [3.8, 4) is 5.82 Å². The first-order valence-electron chi connectivity index (χ1n) is 14.8. The van der Waals surface area contributed by atoms with Crippen molar-refractivity contribution in [3.05, 3.63) is 118 Å². The van der Waals surface area contributed by atoms with Crippen LogP contribution in [0.1, 0.15) is 59.7 Å². The lowest BCUT2D eigenvalue weighted by Gasteiger charge is -2.35. The van der Waals surface area contributed by atoms with Gasteiger partial charge >= 0.3 is 0 Å². The van der Waals surface area contributed by atoms with Crippen LogP contribution in [-0.4, -0.2) is 16.3 Å². The molecule has 0 aliphatic carbocycles. The third kappa shape index (κ3) is 3.40. The normalized spacial score (nSPS) is 13.9. The van der Waals surface area contributed by atoms with Crippen LogP contribution in [0.15, 0.2) is 79.3 Å². The van der Waals surface area contributed by atoms with Gasteiger partial charge in [-0.3, -0.25) is 4.98 Å². The van der Waals surface area contributed by atoms with Gasteiger partial charge in [0.25, 0.3) is 5.82 Å². The highest BCUT2D eigenvalue weighted by Crippen LogP contribution is 2.36. The number of rotatable bonds is 1. The molecule has 200 valence electrons. The number of benzene rings is 3. The molecule has 0 N–H and O–H groups in total. The number of nitrogens with zero attached hydrogens (tertiary/aromatic N) is 3. The fourth-order valence-electron chi connectivity index (χ4n) is 7.80. The molecular weight excluding hydrogens is 497 g/mol. The molecule has 0 bridgehead atoms. The maximum atomic E-state index is 4.71. The summed E-state index contributed by atoms with van der Waals surface area (Å²) >= 11 is 0. The number of aryl methyl sites for hydroxylation is 3. The molecule has 0 spiro atoms. The molecule has 0 atom stereocenters. The van der Waals surface area contributed by atoms with E-state index in [1.54, 1.807) is 0 Å². The van der Waals surface area contributed by atoms with Crippen molar-refractivity contribution in [2.24, 2.45) is 7.05 Å². The summed E-state index contributed by atoms with van der Waals surface area (Å²) in [5.41, 5.74) is 16.9. The minimum atomic E-state index is 0.0630. The van der Waals surface area contributed by atoms with Crippen LogP contribution in [0.3, 0.4) is 0 Å². The van der Waals surface area contributed by atoms with E-state index >= 15 is 0 Å². The Kier molecular flexibility index (Phi) is 5.05. The summed E-state index contributed by atoms with van der Waals surface area (Å²) in [4.78, 5) is 4.71. The Morgan fingerprint density at radius 1 is 0.780 bits per heavy atom. The molecule has 0 saturated carbocycles. The van der Waals surface area contributed by atoms with Gasteiger partial charge in [0.05, 0.1) is 13.2 Å². The number of hydrogen-bond acceptors (Lipinski definition) is 1. The van der Waals surface area contributed by atoms with Crippen LogP contribution in [0.5, 0.6) is 0 Å². The molecular formula is C37H35BN3+. The zero-order valence-corrected chi connectivity index (χ0v) is 24.8. The topological polar surface area (TPSA) is 21.7 Å². The standard InChI is InChI=1S/C37H35BN3/c1-22-10-9-11-24-16-26-20-39-21-27-17-25-18-30-29-12-7-8-13-31(29)41(32-19-28(37(3,4)5)14-15-40(32)6)36(30)23(2)34(25)38(33(22)24)35(26)27/h7-15,18-21H,16-17H2,1-6H3/q+1. The van der Waals surface area contributed by atoms with E-state index in [4.69, 9.17) is 4.98 Å². The molecule has 3 aromatic heterocycles. The maximum absolute atomic E-state index is 4.71. The lowest BCUT2D eigenvalue weighted by molar-refractivity contribution is -0.665. The Morgan fingerprint density at radius 3 is 2.32 bits per heavy atom.